The first-order valence-electron chi connectivity index (χ1n) is 8.25. The molecule has 0 saturated heterocycles. The molecule has 1 atom stereocenters. The van der Waals surface area contributed by atoms with Crippen LogP contribution in [-0.4, -0.2) is 27.3 Å². The van der Waals surface area contributed by atoms with E-state index in [1.807, 2.05) is 6.92 Å². The zero-order valence-electron chi connectivity index (χ0n) is 14.6. The molecule has 10 heteroatoms. The second kappa shape index (κ2) is 7.43. The first-order chi connectivity index (χ1) is 13.3. The Morgan fingerprint density at radius 2 is 1.79 bits per heavy atom. The summed E-state index contributed by atoms with van der Waals surface area (Å²) < 4.78 is 13.3. The third-order valence-electron chi connectivity index (χ3n) is 4.36. The third-order valence-corrected chi connectivity index (χ3v) is 4.36. The predicted molar refractivity (Wildman–Crippen MR) is 98.8 cm³/mol. The standard InChI is InChI=1S/C18H15FN4O5/c1-10(16-9-20-17-6-12(19)2-3-15(16)17)8-21-18(24)11-4-13(22(25)26)7-14(5-11)23(27)28/h2-7,9-10,20H,8H2,1H3,(H,21,24)/t10-/m1/s1. The van der Waals surface area contributed by atoms with E-state index >= 15 is 0 Å². The van der Waals surface area contributed by atoms with Gasteiger partial charge in [-0.25, -0.2) is 4.39 Å². The molecule has 2 aromatic carbocycles. The third kappa shape index (κ3) is 3.80. The first kappa shape index (κ1) is 19.0. The minimum atomic E-state index is -0.794. The SMILES string of the molecule is C[C@H](CNC(=O)c1cc([N+](=O)[O-])cc([N+](=O)[O-])c1)c1c[nH]c2cc(F)ccc12. The average molecular weight is 386 g/mol. The van der Waals surface area contributed by atoms with Gasteiger partial charge in [0.25, 0.3) is 17.3 Å². The number of nitro benzene ring substituents is 2. The van der Waals surface area contributed by atoms with E-state index in [9.17, 15) is 29.4 Å². The van der Waals surface area contributed by atoms with Gasteiger partial charge in [0.1, 0.15) is 5.82 Å². The van der Waals surface area contributed by atoms with Gasteiger partial charge in [0.05, 0.1) is 21.5 Å². The summed E-state index contributed by atoms with van der Waals surface area (Å²) in [6.07, 6.45) is 1.72. The Kier molecular flexibility index (Phi) is 5.03. The molecule has 1 amide bonds. The van der Waals surface area contributed by atoms with Gasteiger partial charge in [0.15, 0.2) is 0 Å². The maximum atomic E-state index is 13.3. The fourth-order valence-electron chi connectivity index (χ4n) is 2.92. The number of rotatable bonds is 6. The van der Waals surface area contributed by atoms with Crippen molar-refractivity contribution in [2.45, 2.75) is 12.8 Å². The zero-order valence-corrected chi connectivity index (χ0v) is 14.6. The smallest absolute Gasteiger partial charge is 0.277 e. The van der Waals surface area contributed by atoms with Gasteiger partial charge in [-0.1, -0.05) is 6.92 Å². The van der Waals surface area contributed by atoms with Crippen molar-refractivity contribution in [3.05, 3.63) is 79.8 Å². The topological polar surface area (TPSA) is 131 Å². The van der Waals surface area contributed by atoms with Crippen LogP contribution in [0.3, 0.4) is 0 Å². The van der Waals surface area contributed by atoms with Crippen LogP contribution in [0.4, 0.5) is 15.8 Å². The van der Waals surface area contributed by atoms with Crippen molar-refractivity contribution in [3.63, 3.8) is 0 Å². The zero-order chi connectivity index (χ0) is 20.4. The fourth-order valence-corrected chi connectivity index (χ4v) is 2.92. The molecule has 144 valence electrons. The van der Waals surface area contributed by atoms with E-state index < -0.39 is 27.1 Å². The number of nitrogens with zero attached hydrogens (tertiary/aromatic N) is 2. The average Bonchev–Trinajstić information content (AvgIpc) is 3.08. The maximum absolute atomic E-state index is 13.3. The van der Waals surface area contributed by atoms with Crippen molar-refractivity contribution in [1.29, 1.82) is 0 Å². The van der Waals surface area contributed by atoms with Crippen molar-refractivity contribution in [2.24, 2.45) is 0 Å². The van der Waals surface area contributed by atoms with Gasteiger partial charge in [-0.3, -0.25) is 25.0 Å². The van der Waals surface area contributed by atoms with Gasteiger partial charge in [-0.15, -0.1) is 0 Å². The monoisotopic (exact) mass is 386 g/mol. The molecule has 0 spiro atoms. The Morgan fingerprint density at radius 1 is 1.14 bits per heavy atom. The highest BCUT2D eigenvalue weighted by atomic mass is 19.1. The van der Waals surface area contributed by atoms with Crippen molar-refractivity contribution in [1.82, 2.24) is 10.3 Å². The van der Waals surface area contributed by atoms with Crippen LogP contribution >= 0.6 is 0 Å². The lowest BCUT2D eigenvalue weighted by molar-refractivity contribution is -0.394. The molecule has 1 aromatic heterocycles. The minimum absolute atomic E-state index is 0.156. The van der Waals surface area contributed by atoms with E-state index in [2.05, 4.69) is 10.3 Å². The van der Waals surface area contributed by atoms with E-state index in [1.54, 1.807) is 12.3 Å². The number of amides is 1. The highest BCUT2D eigenvalue weighted by Gasteiger charge is 2.20. The number of hydrogen-bond donors (Lipinski definition) is 2. The minimum Gasteiger partial charge on any atom is -0.361 e. The summed E-state index contributed by atoms with van der Waals surface area (Å²) in [5.41, 5.74) is 0.244. The first-order valence-corrected chi connectivity index (χ1v) is 8.25. The van der Waals surface area contributed by atoms with Crippen LogP contribution in [0, 0.1) is 26.0 Å². The molecule has 0 unspecified atom stereocenters. The van der Waals surface area contributed by atoms with Gasteiger partial charge in [0, 0.05) is 41.7 Å². The number of H-pyrrole nitrogens is 1. The highest BCUT2D eigenvalue weighted by Crippen LogP contribution is 2.26. The molecule has 0 radical (unpaired) electrons. The Balaban J connectivity index is 1.77. The molecular formula is C18H15FN4O5. The molecule has 2 N–H and O–H groups in total. The second-order valence-electron chi connectivity index (χ2n) is 6.30. The predicted octanol–water partition coefficient (Wildman–Crippen LogP) is 3.66. The summed E-state index contributed by atoms with van der Waals surface area (Å²) in [7, 11) is 0. The van der Waals surface area contributed by atoms with Crippen LogP contribution in [0.2, 0.25) is 0 Å². The molecule has 1 heterocycles. The molecule has 0 aliphatic heterocycles. The number of halogens is 1. The van der Waals surface area contributed by atoms with Crippen LogP contribution in [0.5, 0.6) is 0 Å². The molecule has 3 aromatic rings. The number of aromatic amines is 1. The van der Waals surface area contributed by atoms with Crippen LogP contribution in [0.15, 0.2) is 42.6 Å². The number of carbonyl (C=O) groups excluding carboxylic acids is 1. The fraction of sp³-hybridized carbons (Fsp3) is 0.167. The number of nitrogens with one attached hydrogen (secondary N) is 2. The van der Waals surface area contributed by atoms with Crippen molar-refractivity contribution in [2.75, 3.05) is 6.54 Å². The highest BCUT2D eigenvalue weighted by molar-refractivity contribution is 5.95. The quantitative estimate of drug-likeness (QED) is 0.493. The maximum Gasteiger partial charge on any atom is 0.277 e. The van der Waals surface area contributed by atoms with E-state index in [0.717, 1.165) is 29.1 Å². The second-order valence-corrected chi connectivity index (χ2v) is 6.30. The number of hydrogen-bond acceptors (Lipinski definition) is 5. The molecule has 28 heavy (non-hydrogen) atoms. The number of carbonyl (C=O) groups is 1. The van der Waals surface area contributed by atoms with Crippen molar-refractivity contribution < 1.29 is 19.0 Å². The van der Waals surface area contributed by atoms with Crippen LogP contribution in [0.25, 0.3) is 10.9 Å². The van der Waals surface area contributed by atoms with Crippen LogP contribution in [-0.2, 0) is 0 Å². The summed E-state index contributed by atoms with van der Waals surface area (Å²) in [5.74, 6) is -1.18. The molecule has 0 fully saturated rings. The molecule has 0 saturated carbocycles. The van der Waals surface area contributed by atoms with Gasteiger partial charge >= 0.3 is 0 Å². The summed E-state index contributed by atoms with van der Waals surface area (Å²) in [4.78, 5) is 35.6. The summed E-state index contributed by atoms with van der Waals surface area (Å²) in [5, 5.41) is 25.3. The van der Waals surface area contributed by atoms with Crippen molar-refractivity contribution in [3.8, 4) is 0 Å². The lowest BCUT2D eigenvalue weighted by Crippen LogP contribution is -2.27. The van der Waals surface area contributed by atoms with Gasteiger partial charge < -0.3 is 10.3 Å². The van der Waals surface area contributed by atoms with E-state index in [0.29, 0.717) is 5.52 Å². The van der Waals surface area contributed by atoms with E-state index in [4.69, 9.17) is 0 Å². The largest absolute Gasteiger partial charge is 0.361 e. The molecule has 9 nitrogen and oxygen atoms in total. The lowest BCUT2D eigenvalue weighted by Gasteiger charge is -2.12. The number of fused-ring (bicyclic) bond motifs is 1. The van der Waals surface area contributed by atoms with Gasteiger partial charge in [0.2, 0.25) is 0 Å². The Bertz CT molecular complexity index is 1060. The molecule has 0 aliphatic rings. The molecule has 0 bridgehead atoms. The number of benzene rings is 2. The normalized spacial score (nSPS) is 11.9. The Labute approximate surface area is 157 Å². The Morgan fingerprint density at radius 3 is 2.39 bits per heavy atom. The van der Waals surface area contributed by atoms with Gasteiger partial charge in [-0.05, 0) is 23.8 Å². The van der Waals surface area contributed by atoms with Crippen LogP contribution < -0.4 is 5.32 Å². The Hall–Kier alpha value is -3.82. The number of aromatic nitrogens is 1. The van der Waals surface area contributed by atoms with E-state index in [1.165, 1.54) is 12.1 Å². The van der Waals surface area contributed by atoms with Crippen LogP contribution in [0.1, 0.15) is 28.8 Å². The number of non-ortho nitro benzene ring substituents is 2. The van der Waals surface area contributed by atoms with Gasteiger partial charge in [-0.2, -0.15) is 0 Å². The lowest BCUT2D eigenvalue weighted by atomic mass is 10.0. The summed E-state index contributed by atoms with van der Waals surface area (Å²) in [6.45, 7) is 2.03. The summed E-state index contributed by atoms with van der Waals surface area (Å²) >= 11 is 0. The van der Waals surface area contributed by atoms with Crippen molar-refractivity contribution >= 4 is 28.2 Å². The van der Waals surface area contributed by atoms with E-state index in [-0.39, 0.29) is 23.8 Å². The summed E-state index contributed by atoms with van der Waals surface area (Å²) in [6, 6.07) is 7.12. The molecular weight excluding hydrogens is 371 g/mol. The molecule has 3 rings (SSSR count). The molecule has 0 aliphatic carbocycles. The number of nitro groups is 2.